The molecule has 0 amide bonds. The molecule has 0 radical (unpaired) electrons. The van der Waals surface area contributed by atoms with E-state index in [0.29, 0.717) is 18.2 Å². The highest BCUT2D eigenvalue weighted by Gasteiger charge is 2.28. The average Bonchev–Trinajstić information content (AvgIpc) is 2.72. The van der Waals surface area contributed by atoms with Crippen LogP contribution in [0.3, 0.4) is 0 Å². The number of fused-ring (bicyclic) bond motifs is 1. The minimum Gasteiger partial charge on any atom is -0.332 e. The molecule has 0 saturated heterocycles. The van der Waals surface area contributed by atoms with Crippen LogP contribution < -0.4 is 0 Å². The maximum atomic E-state index is 12.1. The fourth-order valence-electron chi connectivity index (χ4n) is 2.49. The Kier molecular flexibility index (Phi) is 2.32. The number of aryl methyl sites for hydroxylation is 1. The highest BCUT2D eigenvalue weighted by atomic mass is 16.1. The number of hydrogen-bond donors (Lipinski definition) is 0. The lowest BCUT2D eigenvalue weighted by Gasteiger charge is -2.29. The quantitative estimate of drug-likeness (QED) is 0.753. The van der Waals surface area contributed by atoms with E-state index in [1.807, 2.05) is 19.3 Å². The smallest absolute Gasteiger partial charge is 0.198 e. The van der Waals surface area contributed by atoms with Gasteiger partial charge in [-0.2, -0.15) is 0 Å². The lowest BCUT2D eigenvalue weighted by molar-refractivity contribution is 0.0957. The summed E-state index contributed by atoms with van der Waals surface area (Å²) < 4.78 is 1.78. The summed E-state index contributed by atoms with van der Waals surface area (Å²) in [6.07, 6.45) is 5.07. The zero-order valence-electron chi connectivity index (χ0n) is 9.76. The molecule has 0 saturated carbocycles. The van der Waals surface area contributed by atoms with E-state index < -0.39 is 0 Å². The van der Waals surface area contributed by atoms with Crippen LogP contribution in [0.5, 0.6) is 0 Å². The number of hydrogen-bond acceptors (Lipinski definition) is 2. The maximum Gasteiger partial charge on any atom is 0.198 e. The largest absolute Gasteiger partial charge is 0.332 e. The molecule has 3 nitrogen and oxygen atoms in total. The molecular formula is C14H14N2O. The molecule has 1 aliphatic rings. The standard InChI is InChI=1S/C14H14N2O/c1-16-7-6-15-14(16)13(17)9-11-8-10-4-2-3-5-12(10)11/h2-7,11H,8-9H2,1H3. The third kappa shape index (κ3) is 1.68. The first-order chi connectivity index (χ1) is 8.25. The Morgan fingerprint density at radius 2 is 2.29 bits per heavy atom. The van der Waals surface area contributed by atoms with Crippen molar-refractivity contribution in [3.8, 4) is 0 Å². The Bertz CT molecular complexity index is 571. The Hall–Kier alpha value is -1.90. The number of carbonyl (C=O) groups excluding carboxylic acids is 1. The van der Waals surface area contributed by atoms with Crippen molar-refractivity contribution in [3.63, 3.8) is 0 Å². The molecule has 86 valence electrons. The van der Waals surface area contributed by atoms with Crippen molar-refractivity contribution >= 4 is 5.78 Å². The number of rotatable bonds is 3. The van der Waals surface area contributed by atoms with Crippen molar-refractivity contribution in [2.75, 3.05) is 0 Å². The van der Waals surface area contributed by atoms with Crippen LogP contribution in [-0.2, 0) is 13.5 Å². The van der Waals surface area contributed by atoms with Crippen LogP contribution in [-0.4, -0.2) is 15.3 Å². The number of ketones is 1. The Morgan fingerprint density at radius 1 is 1.47 bits per heavy atom. The molecule has 0 aliphatic heterocycles. The number of imidazole rings is 1. The molecule has 3 heteroatoms. The number of carbonyl (C=O) groups is 1. The van der Waals surface area contributed by atoms with Gasteiger partial charge in [0.15, 0.2) is 11.6 Å². The molecule has 2 aromatic rings. The summed E-state index contributed by atoms with van der Waals surface area (Å²) in [5, 5.41) is 0. The molecule has 1 aliphatic carbocycles. The topological polar surface area (TPSA) is 34.9 Å². The summed E-state index contributed by atoms with van der Waals surface area (Å²) in [5.74, 6) is 1.08. The zero-order chi connectivity index (χ0) is 11.8. The van der Waals surface area contributed by atoms with Gasteiger partial charge in [-0.15, -0.1) is 0 Å². The molecule has 17 heavy (non-hydrogen) atoms. The molecule has 1 aromatic carbocycles. The molecule has 1 aromatic heterocycles. The van der Waals surface area contributed by atoms with E-state index in [4.69, 9.17) is 0 Å². The van der Waals surface area contributed by atoms with Gasteiger partial charge in [-0.25, -0.2) is 4.98 Å². The molecule has 0 bridgehead atoms. The summed E-state index contributed by atoms with van der Waals surface area (Å²) >= 11 is 0. The normalized spacial score (nSPS) is 17.4. The highest BCUT2D eigenvalue weighted by molar-refractivity contribution is 5.93. The van der Waals surface area contributed by atoms with E-state index in [2.05, 4.69) is 23.2 Å². The monoisotopic (exact) mass is 226 g/mol. The molecule has 1 heterocycles. The van der Waals surface area contributed by atoms with Gasteiger partial charge < -0.3 is 4.57 Å². The summed E-state index contributed by atoms with van der Waals surface area (Å²) in [4.78, 5) is 16.2. The second-order valence-corrected chi connectivity index (χ2v) is 4.59. The van der Waals surface area contributed by atoms with Gasteiger partial charge in [-0.3, -0.25) is 4.79 Å². The SMILES string of the molecule is Cn1ccnc1C(=O)CC1Cc2ccccc21. The van der Waals surface area contributed by atoms with Gasteiger partial charge in [0.1, 0.15) is 0 Å². The van der Waals surface area contributed by atoms with E-state index in [1.54, 1.807) is 10.8 Å². The summed E-state index contributed by atoms with van der Waals surface area (Å²) in [6, 6.07) is 8.35. The van der Waals surface area contributed by atoms with Gasteiger partial charge in [0.25, 0.3) is 0 Å². The van der Waals surface area contributed by atoms with Crippen molar-refractivity contribution < 1.29 is 4.79 Å². The van der Waals surface area contributed by atoms with E-state index in [0.717, 1.165) is 6.42 Å². The Balaban J connectivity index is 1.75. The predicted octanol–water partition coefficient (Wildman–Crippen LogP) is 2.33. The third-order valence-corrected chi connectivity index (χ3v) is 3.46. The number of aromatic nitrogens is 2. The van der Waals surface area contributed by atoms with Gasteiger partial charge in [-0.1, -0.05) is 24.3 Å². The predicted molar refractivity (Wildman–Crippen MR) is 65.0 cm³/mol. The minimum absolute atomic E-state index is 0.136. The number of Topliss-reactive ketones (excluding diaryl/α,β-unsaturated/α-hetero) is 1. The van der Waals surface area contributed by atoms with Crippen molar-refractivity contribution in [1.29, 1.82) is 0 Å². The number of nitrogens with zero attached hydrogens (tertiary/aromatic N) is 2. The minimum atomic E-state index is 0.136. The van der Waals surface area contributed by atoms with Crippen LogP contribution in [0.1, 0.15) is 34.1 Å². The van der Waals surface area contributed by atoms with E-state index in [9.17, 15) is 4.79 Å². The van der Waals surface area contributed by atoms with Crippen molar-refractivity contribution in [1.82, 2.24) is 9.55 Å². The van der Waals surface area contributed by atoms with E-state index >= 15 is 0 Å². The highest BCUT2D eigenvalue weighted by Crippen LogP contribution is 2.37. The lowest BCUT2D eigenvalue weighted by atomic mass is 9.75. The van der Waals surface area contributed by atoms with Crippen LogP contribution in [0.2, 0.25) is 0 Å². The fraction of sp³-hybridized carbons (Fsp3) is 0.286. The van der Waals surface area contributed by atoms with Crippen LogP contribution in [0.25, 0.3) is 0 Å². The van der Waals surface area contributed by atoms with Gasteiger partial charge >= 0.3 is 0 Å². The molecule has 1 atom stereocenters. The van der Waals surface area contributed by atoms with Gasteiger partial charge in [0.2, 0.25) is 0 Å². The molecule has 0 spiro atoms. The second kappa shape index (κ2) is 3.84. The lowest BCUT2D eigenvalue weighted by Crippen LogP contribution is -2.21. The van der Waals surface area contributed by atoms with Crippen molar-refractivity contribution in [2.45, 2.75) is 18.8 Å². The maximum absolute atomic E-state index is 12.1. The van der Waals surface area contributed by atoms with Crippen LogP contribution in [0.15, 0.2) is 36.7 Å². The van der Waals surface area contributed by atoms with Crippen LogP contribution >= 0.6 is 0 Å². The summed E-state index contributed by atoms with van der Waals surface area (Å²) in [5.41, 5.74) is 2.71. The molecule has 0 N–H and O–H groups in total. The van der Waals surface area contributed by atoms with Gasteiger partial charge in [0.05, 0.1) is 0 Å². The van der Waals surface area contributed by atoms with Crippen LogP contribution in [0.4, 0.5) is 0 Å². The van der Waals surface area contributed by atoms with Crippen molar-refractivity contribution in [2.24, 2.45) is 7.05 Å². The van der Waals surface area contributed by atoms with Crippen LogP contribution in [0, 0.1) is 0 Å². The third-order valence-electron chi connectivity index (χ3n) is 3.46. The molecular weight excluding hydrogens is 212 g/mol. The Morgan fingerprint density at radius 3 is 3.00 bits per heavy atom. The summed E-state index contributed by atoms with van der Waals surface area (Å²) in [7, 11) is 1.86. The average molecular weight is 226 g/mol. The molecule has 3 rings (SSSR count). The fourth-order valence-corrected chi connectivity index (χ4v) is 2.49. The van der Waals surface area contributed by atoms with Crippen molar-refractivity contribution in [3.05, 3.63) is 53.6 Å². The zero-order valence-corrected chi connectivity index (χ0v) is 9.76. The van der Waals surface area contributed by atoms with E-state index in [1.165, 1.54) is 11.1 Å². The first kappa shape index (κ1) is 10.3. The molecule has 1 unspecified atom stereocenters. The Labute approximate surface area is 100 Å². The molecule has 0 fully saturated rings. The van der Waals surface area contributed by atoms with E-state index in [-0.39, 0.29) is 5.78 Å². The number of benzene rings is 1. The van der Waals surface area contributed by atoms with Gasteiger partial charge in [0, 0.05) is 25.9 Å². The second-order valence-electron chi connectivity index (χ2n) is 4.59. The van der Waals surface area contributed by atoms with Gasteiger partial charge in [-0.05, 0) is 23.5 Å². The first-order valence-electron chi connectivity index (χ1n) is 5.84. The first-order valence-corrected chi connectivity index (χ1v) is 5.84. The summed E-state index contributed by atoms with van der Waals surface area (Å²) in [6.45, 7) is 0.